The summed E-state index contributed by atoms with van der Waals surface area (Å²) in [5.74, 6) is -1.28. The average molecular weight is 353 g/mol. The minimum Gasteiger partial charge on any atom is -0.347 e. The molecule has 1 amide bonds. The van der Waals surface area contributed by atoms with Crippen molar-refractivity contribution in [3.05, 3.63) is 38.9 Å². The van der Waals surface area contributed by atoms with Crippen LogP contribution in [0.1, 0.15) is 10.4 Å². The van der Waals surface area contributed by atoms with Crippen molar-refractivity contribution in [2.24, 2.45) is 0 Å². The summed E-state index contributed by atoms with van der Waals surface area (Å²) in [6, 6.07) is 2.83. The number of nitro groups is 1. The van der Waals surface area contributed by atoms with Crippen LogP contribution in [0.4, 0.5) is 5.69 Å². The summed E-state index contributed by atoms with van der Waals surface area (Å²) in [7, 11) is -3.31. The number of nitrogens with zero attached hydrogens (tertiary/aromatic N) is 1. The van der Waals surface area contributed by atoms with E-state index < -0.39 is 37.8 Å². The van der Waals surface area contributed by atoms with Gasteiger partial charge in [-0.3, -0.25) is 14.9 Å². The fourth-order valence-electron chi connectivity index (χ4n) is 2.03. The monoisotopic (exact) mass is 352 g/mol. The highest BCUT2D eigenvalue weighted by molar-refractivity contribution is 7.91. The Labute approximate surface area is 130 Å². The summed E-state index contributed by atoms with van der Waals surface area (Å²) in [5.41, 5.74) is -0.649. The van der Waals surface area contributed by atoms with E-state index in [0.717, 1.165) is 6.07 Å². The van der Waals surface area contributed by atoms with E-state index in [1.807, 2.05) is 0 Å². The molecule has 0 bridgehead atoms. The van der Waals surface area contributed by atoms with Gasteiger partial charge in [0.15, 0.2) is 9.84 Å². The van der Waals surface area contributed by atoms with E-state index in [2.05, 4.69) is 5.32 Å². The normalized spacial score (nSPS) is 23.7. The number of sulfone groups is 1. The zero-order valence-electron chi connectivity index (χ0n) is 10.5. The summed E-state index contributed by atoms with van der Waals surface area (Å²) in [6.07, 6.45) is 0. The van der Waals surface area contributed by atoms with Crippen molar-refractivity contribution in [2.75, 3.05) is 11.5 Å². The second-order valence-corrected chi connectivity index (χ2v) is 7.74. The first kappa shape index (κ1) is 16.0. The molecule has 2 rings (SSSR count). The van der Waals surface area contributed by atoms with Crippen molar-refractivity contribution < 1.29 is 18.1 Å². The number of nitrogens with one attached hydrogen (secondary N) is 1. The third-order valence-electron chi connectivity index (χ3n) is 3.00. The maximum atomic E-state index is 12.1. The smallest absolute Gasteiger partial charge is 0.283 e. The second-order valence-electron chi connectivity index (χ2n) is 4.59. The van der Waals surface area contributed by atoms with Crippen molar-refractivity contribution in [2.45, 2.75) is 11.4 Å². The summed E-state index contributed by atoms with van der Waals surface area (Å²) in [4.78, 5) is 22.3. The lowest BCUT2D eigenvalue weighted by molar-refractivity contribution is -0.385. The molecule has 1 saturated heterocycles. The summed E-state index contributed by atoms with van der Waals surface area (Å²) in [6.45, 7) is 0. The molecule has 0 aliphatic carbocycles. The number of benzene rings is 1. The van der Waals surface area contributed by atoms with Crippen LogP contribution in [0, 0.1) is 10.1 Å². The first-order valence-corrected chi connectivity index (χ1v) is 8.42. The number of hydrogen-bond donors (Lipinski definition) is 1. The highest BCUT2D eigenvalue weighted by Crippen LogP contribution is 2.24. The maximum Gasteiger partial charge on any atom is 0.283 e. The SMILES string of the molecule is O=C(NC1CS(=O)(=O)CC1Cl)c1ccc(Cl)cc1[N+](=O)[O-]. The van der Waals surface area contributed by atoms with Crippen molar-refractivity contribution in [3.8, 4) is 0 Å². The number of nitro benzene ring substituents is 1. The highest BCUT2D eigenvalue weighted by atomic mass is 35.5. The maximum absolute atomic E-state index is 12.1. The van der Waals surface area contributed by atoms with Crippen molar-refractivity contribution >= 4 is 44.6 Å². The first-order valence-electron chi connectivity index (χ1n) is 5.79. The van der Waals surface area contributed by atoms with Gasteiger partial charge < -0.3 is 5.32 Å². The van der Waals surface area contributed by atoms with Crippen LogP contribution >= 0.6 is 23.2 Å². The molecule has 1 heterocycles. The molecule has 10 heteroatoms. The standard InChI is InChI=1S/C11H10Cl2N2O5S/c12-6-1-2-7(10(3-6)15(17)18)11(16)14-9-5-21(19,20)4-8(9)13/h1-3,8-9H,4-5H2,(H,14,16). The van der Waals surface area contributed by atoms with Gasteiger partial charge in [-0.2, -0.15) is 0 Å². The van der Waals surface area contributed by atoms with Crippen LogP contribution in [0.2, 0.25) is 5.02 Å². The Hall–Kier alpha value is -1.38. The Bertz CT molecular complexity index is 707. The number of carbonyl (C=O) groups excluding carboxylic acids is 1. The number of alkyl halides is 1. The van der Waals surface area contributed by atoms with Gasteiger partial charge in [0.1, 0.15) is 5.56 Å². The molecule has 114 valence electrons. The molecule has 21 heavy (non-hydrogen) atoms. The molecular weight excluding hydrogens is 343 g/mol. The van der Waals surface area contributed by atoms with E-state index in [4.69, 9.17) is 23.2 Å². The molecule has 1 aromatic carbocycles. The van der Waals surface area contributed by atoms with Gasteiger partial charge >= 0.3 is 0 Å². The van der Waals surface area contributed by atoms with Crippen LogP contribution < -0.4 is 5.32 Å². The van der Waals surface area contributed by atoms with Gasteiger partial charge in [0, 0.05) is 11.1 Å². The largest absolute Gasteiger partial charge is 0.347 e. The summed E-state index contributed by atoms with van der Waals surface area (Å²) >= 11 is 11.5. The van der Waals surface area contributed by atoms with Gasteiger partial charge in [0.05, 0.1) is 27.8 Å². The van der Waals surface area contributed by atoms with Crippen molar-refractivity contribution in [1.29, 1.82) is 0 Å². The Morgan fingerprint density at radius 3 is 2.57 bits per heavy atom. The van der Waals surface area contributed by atoms with Gasteiger partial charge in [-0.25, -0.2) is 8.42 Å². The minimum absolute atomic E-state index is 0.122. The third kappa shape index (κ3) is 3.63. The van der Waals surface area contributed by atoms with Crippen LogP contribution in [-0.2, 0) is 9.84 Å². The van der Waals surface area contributed by atoms with Crippen LogP contribution in [-0.4, -0.2) is 42.2 Å². The molecule has 0 aromatic heterocycles. The number of hydrogen-bond acceptors (Lipinski definition) is 5. The summed E-state index contributed by atoms with van der Waals surface area (Å²) in [5, 5.41) is 12.7. The molecule has 1 N–H and O–H groups in total. The van der Waals surface area contributed by atoms with Gasteiger partial charge in [-0.15, -0.1) is 11.6 Å². The molecule has 2 atom stereocenters. The van der Waals surface area contributed by atoms with E-state index in [9.17, 15) is 23.3 Å². The minimum atomic E-state index is -3.31. The first-order chi connectivity index (χ1) is 9.69. The molecule has 0 spiro atoms. The molecule has 1 aliphatic heterocycles. The molecule has 0 saturated carbocycles. The van der Waals surface area contributed by atoms with Crippen LogP contribution in [0.3, 0.4) is 0 Å². The number of amides is 1. The number of halogens is 2. The van der Waals surface area contributed by atoms with Crippen LogP contribution in [0.25, 0.3) is 0 Å². The fourth-order valence-corrected chi connectivity index (χ4v) is 4.75. The molecule has 1 fully saturated rings. The van der Waals surface area contributed by atoms with Gasteiger partial charge in [0.25, 0.3) is 11.6 Å². The second kappa shape index (κ2) is 5.78. The Morgan fingerprint density at radius 1 is 1.38 bits per heavy atom. The number of rotatable bonds is 3. The predicted octanol–water partition coefficient (Wildman–Crippen LogP) is 1.38. The Kier molecular flexibility index (Phi) is 4.40. The van der Waals surface area contributed by atoms with Crippen LogP contribution in [0.5, 0.6) is 0 Å². The zero-order valence-corrected chi connectivity index (χ0v) is 12.8. The third-order valence-corrected chi connectivity index (χ3v) is 5.61. The molecule has 2 unspecified atom stereocenters. The van der Waals surface area contributed by atoms with E-state index in [1.165, 1.54) is 12.1 Å². The van der Waals surface area contributed by atoms with E-state index in [1.54, 1.807) is 0 Å². The average Bonchev–Trinajstić information content (AvgIpc) is 2.61. The Morgan fingerprint density at radius 2 is 2.05 bits per heavy atom. The number of carbonyl (C=O) groups is 1. The van der Waals surface area contributed by atoms with Gasteiger partial charge in [-0.05, 0) is 12.1 Å². The van der Waals surface area contributed by atoms with E-state index in [-0.39, 0.29) is 22.1 Å². The van der Waals surface area contributed by atoms with Crippen molar-refractivity contribution in [3.63, 3.8) is 0 Å². The zero-order chi connectivity index (χ0) is 15.8. The quantitative estimate of drug-likeness (QED) is 0.502. The molecule has 7 nitrogen and oxygen atoms in total. The molecule has 1 aliphatic rings. The lowest BCUT2D eigenvalue weighted by atomic mass is 10.1. The fraction of sp³-hybridized carbons (Fsp3) is 0.364. The van der Waals surface area contributed by atoms with Crippen LogP contribution in [0.15, 0.2) is 18.2 Å². The van der Waals surface area contributed by atoms with Gasteiger partial charge in [-0.1, -0.05) is 11.6 Å². The topological polar surface area (TPSA) is 106 Å². The van der Waals surface area contributed by atoms with Crippen molar-refractivity contribution in [1.82, 2.24) is 5.32 Å². The van der Waals surface area contributed by atoms with Gasteiger partial charge in [0.2, 0.25) is 0 Å². The van der Waals surface area contributed by atoms with E-state index >= 15 is 0 Å². The lowest BCUT2D eigenvalue weighted by Gasteiger charge is -2.14. The van der Waals surface area contributed by atoms with E-state index in [0.29, 0.717) is 0 Å². The summed E-state index contributed by atoms with van der Waals surface area (Å²) < 4.78 is 22.9. The molecule has 1 aromatic rings. The molecule has 0 radical (unpaired) electrons. The Balaban J connectivity index is 2.24. The predicted molar refractivity (Wildman–Crippen MR) is 77.7 cm³/mol. The highest BCUT2D eigenvalue weighted by Gasteiger charge is 2.38. The molecular formula is C11H10Cl2N2O5S. The lowest BCUT2D eigenvalue weighted by Crippen LogP contribution is -2.40.